The second kappa shape index (κ2) is 8.11. The third kappa shape index (κ3) is 5.56. The zero-order valence-corrected chi connectivity index (χ0v) is 15.4. The first kappa shape index (κ1) is 18.9. The Kier molecular flexibility index (Phi) is 6.13. The van der Waals surface area contributed by atoms with Gasteiger partial charge in [-0.2, -0.15) is 5.26 Å². The Morgan fingerprint density at radius 1 is 1.28 bits per heavy atom. The van der Waals surface area contributed by atoms with E-state index in [9.17, 15) is 10.1 Å². The number of carbonyl (C=O) groups is 1. The molecule has 1 saturated heterocycles. The molecule has 1 fully saturated rings. The van der Waals surface area contributed by atoms with Crippen molar-refractivity contribution in [3.05, 3.63) is 24.3 Å². The molecule has 0 spiro atoms. The van der Waals surface area contributed by atoms with Crippen molar-refractivity contribution in [2.24, 2.45) is 5.92 Å². The van der Waals surface area contributed by atoms with Crippen LogP contribution in [-0.2, 0) is 4.74 Å². The summed E-state index contributed by atoms with van der Waals surface area (Å²) in [5, 5.41) is 12.8. The van der Waals surface area contributed by atoms with Gasteiger partial charge in [0.15, 0.2) is 0 Å². The largest absolute Gasteiger partial charge is 0.497 e. The van der Waals surface area contributed by atoms with Gasteiger partial charge < -0.3 is 19.7 Å². The monoisotopic (exact) mass is 345 g/mol. The van der Waals surface area contributed by atoms with Crippen molar-refractivity contribution < 1.29 is 14.3 Å². The summed E-state index contributed by atoms with van der Waals surface area (Å²) in [7, 11) is 1.62. The first-order chi connectivity index (χ1) is 11.8. The Morgan fingerprint density at radius 3 is 2.36 bits per heavy atom. The molecule has 1 aliphatic heterocycles. The average Bonchev–Trinajstić information content (AvgIpc) is 2.59. The molecule has 136 valence electrons. The first-order valence-corrected chi connectivity index (χ1v) is 8.60. The molecule has 1 atom stereocenters. The molecule has 0 radical (unpaired) electrons. The molecule has 0 saturated carbocycles. The molecular weight excluding hydrogens is 318 g/mol. The number of amides is 1. The van der Waals surface area contributed by atoms with Gasteiger partial charge in [-0.1, -0.05) is 0 Å². The number of anilines is 1. The van der Waals surface area contributed by atoms with Gasteiger partial charge in [0.25, 0.3) is 0 Å². The maximum absolute atomic E-state index is 12.1. The van der Waals surface area contributed by atoms with Gasteiger partial charge in [0.2, 0.25) is 0 Å². The van der Waals surface area contributed by atoms with Gasteiger partial charge in [-0.05, 0) is 63.8 Å². The highest BCUT2D eigenvalue weighted by atomic mass is 16.6. The van der Waals surface area contributed by atoms with Gasteiger partial charge in [-0.3, -0.25) is 0 Å². The summed E-state index contributed by atoms with van der Waals surface area (Å²) in [6.07, 6.45) is 1.28. The van der Waals surface area contributed by atoms with Crippen molar-refractivity contribution in [1.29, 1.82) is 5.26 Å². The van der Waals surface area contributed by atoms with E-state index in [0.717, 1.165) is 24.3 Å². The number of piperidine rings is 1. The van der Waals surface area contributed by atoms with E-state index in [2.05, 4.69) is 11.4 Å². The number of nitrogens with one attached hydrogen (secondary N) is 1. The lowest BCUT2D eigenvalue weighted by Crippen LogP contribution is -2.44. The van der Waals surface area contributed by atoms with E-state index in [1.165, 1.54) is 0 Å². The van der Waals surface area contributed by atoms with E-state index in [-0.39, 0.29) is 18.1 Å². The number of rotatable bonds is 4. The maximum Gasteiger partial charge on any atom is 0.410 e. The predicted octanol–water partition coefficient (Wildman–Crippen LogP) is 3.65. The highest BCUT2D eigenvalue weighted by Gasteiger charge is 2.30. The van der Waals surface area contributed by atoms with Crippen LogP contribution in [0.3, 0.4) is 0 Å². The Balaban J connectivity index is 1.89. The van der Waals surface area contributed by atoms with Crippen LogP contribution in [0, 0.1) is 17.2 Å². The lowest BCUT2D eigenvalue weighted by molar-refractivity contribution is 0.0182. The lowest BCUT2D eigenvalue weighted by Gasteiger charge is -2.35. The second-order valence-corrected chi connectivity index (χ2v) is 7.28. The minimum absolute atomic E-state index is 0.200. The topological polar surface area (TPSA) is 74.6 Å². The van der Waals surface area contributed by atoms with Crippen molar-refractivity contribution in [2.45, 2.75) is 45.3 Å². The highest BCUT2D eigenvalue weighted by molar-refractivity contribution is 5.68. The second-order valence-electron chi connectivity index (χ2n) is 7.28. The number of likely N-dealkylation sites (tertiary alicyclic amines) is 1. The Bertz CT molecular complexity index is 608. The van der Waals surface area contributed by atoms with E-state index in [0.29, 0.717) is 13.1 Å². The third-order valence-electron chi connectivity index (χ3n) is 4.21. The van der Waals surface area contributed by atoms with Crippen LogP contribution in [0.25, 0.3) is 0 Å². The summed E-state index contributed by atoms with van der Waals surface area (Å²) in [5.41, 5.74) is 0.404. The molecule has 1 aromatic carbocycles. The van der Waals surface area contributed by atoms with Gasteiger partial charge in [-0.25, -0.2) is 4.79 Å². The quantitative estimate of drug-likeness (QED) is 0.901. The van der Waals surface area contributed by atoms with E-state index in [4.69, 9.17) is 9.47 Å². The third-order valence-corrected chi connectivity index (χ3v) is 4.21. The molecule has 1 unspecified atom stereocenters. The molecule has 0 aliphatic carbocycles. The molecule has 1 aromatic rings. The molecule has 6 nitrogen and oxygen atoms in total. The number of nitrogens with zero attached hydrogens (tertiary/aromatic N) is 2. The Hall–Kier alpha value is -2.42. The van der Waals surface area contributed by atoms with Crippen LogP contribution in [0.4, 0.5) is 10.5 Å². The van der Waals surface area contributed by atoms with E-state index < -0.39 is 5.60 Å². The van der Waals surface area contributed by atoms with Crippen molar-refractivity contribution >= 4 is 11.8 Å². The average molecular weight is 345 g/mol. The summed E-state index contributed by atoms with van der Waals surface area (Å²) in [4.78, 5) is 13.8. The summed E-state index contributed by atoms with van der Waals surface area (Å²) in [5.74, 6) is 0.982. The SMILES string of the molecule is COc1ccc(NC(C#N)C2CCN(C(=O)OC(C)(C)C)CC2)cc1. The van der Waals surface area contributed by atoms with Gasteiger partial charge in [0, 0.05) is 18.8 Å². The standard InChI is InChI=1S/C19H27N3O3/c1-19(2,3)25-18(23)22-11-9-14(10-12-22)17(13-20)21-15-5-7-16(24-4)8-6-15/h5-8,14,17,21H,9-12H2,1-4H3. The lowest BCUT2D eigenvalue weighted by atomic mass is 9.90. The van der Waals surface area contributed by atoms with Gasteiger partial charge in [-0.15, -0.1) is 0 Å². The van der Waals surface area contributed by atoms with Crippen LogP contribution in [0.15, 0.2) is 24.3 Å². The smallest absolute Gasteiger partial charge is 0.410 e. The highest BCUT2D eigenvalue weighted by Crippen LogP contribution is 2.25. The van der Waals surface area contributed by atoms with Gasteiger partial charge in [0.1, 0.15) is 17.4 Å². The molecule has 0 aromatic heterocycles. The fourth-order valence-corrected chi connectivity index (χ4v) is 2.86. The number of methoxy groups -OCH3 is 1. The van der Waals surface area contributed by atoms with Gasteiger partial charge in [0.05, 0.1) is 13.2 Å². The number of nitriles is 1. The van der Waals surface area contributed by atoms with Gasteiger partial charge >= 0.3 is 6.09 Å². The summed E-state index contributed by atoms with van der Waals surface area (Å²) < 4.78 is 10.6. The van der Waals surface area contributed by atoms with Crippen LogP contribution in [0.5, 0.6) is 5.75 Å². The van der Waals surface area contributed by atoms with Crippen molar-refractivity contribution in [2.75, 3.05) is 25.5 Å². The summed E-state index contributed by atoms with van der Waals surface area (Å²) in [6.45, 7) is 6.82. The maximum atomic E-state index is 12.1. The molecule has 1 amide bonds. The first-order valence-electron chi connectivity index (χ1n) is 8.60. The van der Waals surface area contributed by atoms with E-state index in [1.807, 2.05) is 45.0 Å². The molecule has 1 aliphatic rings. The van der Waals surface area contributed by atoms with Crippen LogP contribution >= 0.6 is 0 Å². The number of benzene rings is 1. The fourth-order valence-electron chi connectivity index (χ4n) is 2.86. The number of carbonyl (C=O) groups excluding carboxylic acids is 1. The zero-order valence-electron chi connectivity index (χ0n) is 15.4. The summed E-state index contributed by atoms with van der Waals surface area (Å²) >= 11 is 0. The van der Waals surface area contributed by atoms with Crippen LogP contribution in [-0.4, -0.2) is 42.8 Å². The zero-order chi connectivity index (χ0) is 18.4. The number of hydrogen-bond acceptors (Lipinski definition) is 5. The minimum Gasteiger partial charge on any atom is -0.497 e. The molecule has 25 heavy (non-hydrogen) atoms. The van der Waals surface area contributed by atoms with Crippen LogP contribution in [0.1, 0.15) is 33.6 Å². The molecular formula is C19H27N3O3. The molecule has 6 heteroatoms. The number of hydrogen-bond donors (Lipinski definition) is 1. The number of ether oxygens (including phenoxy) is 2. The molecule has 2 rings (SSSR count). The van der Waals surface area contributed by atoms with Crippen molar-refractivity contribution in [3.63, 3.8) is 0 Å². The Labute approximate surface area is 149 Å². The van der Waals surface area contributed by atoms with Crippen molar-refractivity contribution in [3.8, 4) is 11.8 Å². The van der Waals surface area contributed by atoms with E-state index >= 15 is 0 Å². The van der Waals surface area contributed by atoms with Crippen LogP contribution < -0.4 is 10.1 Å². The normalized spacial score (nSPS) is 16.7. The minimum atomic E-state index is -0.487. The Morgan fingerprint density at radius 2 is 1.88 bits per heavy atom. The summed E-state index contributed by atoms with van der Waals surface area (Å²) in [6, 6.07) is 9.60. The molecule has 1 heterocycles. The molecule has 0 bridgehead atoms. The predicted molar refractivity (Wildman–Crippen MR) is 96.5 cm³/mol. The van der Waals surface area contributed by atoms with Crippen LogP contribution in [0.2, 0.25) is 0 Å². The fraction of sp³-hybridized carbons (Fsp3) is 0.579. The van der Waals surface area contributed by atoms with E-state index in [1.54, 1.807) is 12.0 Å². The van der Waals surface area contributed by atoms with Crippen molar-refractivity contribution in [1.82, 2.24) is 4.90 Å². The molecule has 1 N–H and O–H groups in total.